The van der Waals surface area contributed by atoms with E-state index in [9.17, 15) is 4.79 Å². The van der Waals surface area contributed by atoms with Crippen LogP contribution in [0.3, 0.4) is 0 Å². The molecule has 0 amide bonds. The van der Waals surface area contributed by atoms with Gasteiger partial charge in [0.2, 0.25) is 0 Å². The Hall–Kier alpha value is -0.540. The van der Waals surface area contributed by atoms with Crippen LogP contribution in [-0.4, -0.2) is 30.7 Å². The number of ether oxygens (including phenoxy) is 2. The third kappa shape index (κ3) is 8.08. The van der Waals surface area contributed by atoms with Gasteiger partial charge in [-0.1, -0.05) is 6.58 Å². The molecule has 0 rings (SSSR count). The summed E-state index contributed by atoms with van der Waals surface area (Å²) in [5, 5.41) is 0. The molecule has 0 N–H and O–H groups in total. The summed E-state index contributed by atoms with van der Waals surface area (Å²) in [6, 6.07) is 0. The molecule has 3 nitrogen and oxygen atoms in total. The van der Waals surface area contributed by atoms with Crippen LogP contribution in [0.5, 0.6) is 0 Å². The standard InChI is InChI=1S/C10H17ClO3/c1-8(2)9(12)14-6-5-13-7-10(3,4)11/h1,5-7H2,2-4H3. The van der Waals surface area contributed by atoms with E-state index in [2.05, 4.69) is 6.58 Å². The maximum absolute atomic E-state index is 10.9. The number of halogens is 1. The molecule has 0 aliphatic rings. The van der Waals surface area contributed by atoms with E-state index in [4.69, 9.17) is 21.1 Å². The van der Waals surface area contributed by atoms with Gasteiger partial charge in [0.1, 0.15) is 6.61 Å². The quantitative estimate of drug-likeness (QED) is 0.298. The fourth-order valence-corrected chi connectivity index (χ4v) is 0.709. The number of carbonyl (C=O) groups excluding carboxylic acids is 1. The van der Waals surface area contributed by atoms with Crippen LogP contribution in [0, 0.1) is 0 Å². The van der Waals surface area contributed by atoms with Gasteiger partial charge in [-0.15, -0.1) is 11.6 Å². The van der Waals surface area contributed by atoms with Gasteiger partial charge < -0.3 is 9.47 Å². The monoisotopic (exact) mass is 220 g/mol. The van der Waals surface area contributed by atoms with E-state index >= 15 is 0 Å². The molecule has 0 spiro atoms. The zero-order chi connectivity index (χ0) is 11.2. The number of hydrogen-bond donors (Lipinski definition) is 0. The van der Waals surface area contributed by atoms with Crippen LogP contribution in [0.2, 0.25) is 0 Å². The molecule has 0 radical (unpaired) electrons. The van der Waals surface area contributed by atoms with Crippen LogP contribution in [-0.2, 0) is 14.3 Å². The summed E-state index contributed by atoms with van der Waals surface area (Å²) in [7, 11) is 0. The lowest BCUT2D eigenvalue weighted by Gasteiger charge is -2.15. The SMILES string of the molecule is C=C(C)C(=O)OCCOCC(C)(C)Cl. The molecule has 0 fully saturated rings. The second-order valence-corrected chi connectivity index (χ2v) is 4.71. The lowest BCUT2D eigenvalue weighted by Crippen LogP contribution is -2.21. The van der Waals surface area contributed by atoms with Gasteiger partial charge in [-0.3, -0.25) is 0 Å². The van der Waals surface area contributed by atoms with Gasteiger partial charge in [0, 0.05) is 5.57 Å². The van der Waals surface area contributed by atoms with E-state index < -0.39 is 5.97 Å². The Morgan fingerprint density at radius 3 is 2.43 bits per heavy atom. The molecule has 0 aliphatic heterocycles. The van der Waals surface area contributed by atoms with Crippen LogP contribution in [0.15, 0.2) is 12.2 Å². The van der Waals surface area contributed by atoms with Gasteiger partial charge >= 0.3 is 5.97 Å². The summed E-state index contributed by atoms with van der Waals surface area (Å²) in [5.41, 5.74) is 0.391. The van der Waals surface area contributed by atoms with Crippen molar-refractivity contribution in [1.82, 2.24) is 0 Å². The average Bonchev–Trinajstić information content (AvgIpc) is 2.01. The van der Waals surface area contributed by atoms with Gasteiger partial charge in [0.25, 0.3) is 0 Å². The first-order valence-corrected chi connectivity index (χ1v) is 4.80. The van der Waals surface area contributed by atoms with Crippen LogP contribution in [0.25, 0.3) is 0 Å². The summed E-state index contributed by atoms with van der Waals surface area (Å²) >= 11 is 5.88. The van der Waals surface area contributed by atoms with Crippen LogP contribution >= 0.6 is 11.6 Å². The molecule has 82 valence electrons. The van der Waals surface area contributed by atoms with Crippen molar-refractivity contribution in [3.05, 3.63) is 12.2 Å². The Kier molecular flexibility index (Phi) is 5.81. The zero-order valence-corrected chi connectivity index (χ0v) is 9.69. The highest BCUT2D eigenvalue weighted by Gasteiger charge is 2.12. The van der Waals surface area contributed by atoms with Crippen molar-refractivity contribution in [3.8, 4) is 0 Å². The largest absolute Gasteiger partial charge is 0.460 e. The molecule has 0 aromatic heterocycles. The van der Waals surface area contributed by atoms with Gasteiger partial charge in [-0.25, -0.2) is 4.79 Å². The van der Waals surface area contributed by atoms with E-state index in [0.717, 1.165) is 0 Å². The first-order valence-electron chi connectivity index (χ1n) is 4.42. The van der Waals surface area contributed by atoms with Gasteiger partial charge in [-0.2, -0.15) is 0 Å². The Bertz CT molecular complexity index is 206. The highest BCUT2D eigenvalue weighted by molar-refractivity contribution is 6.23. The molecule has 0 unspecified atom stereocenters. The molecule has 0 aliphatic carbocycles. The summed E-state index contributed by atoms with van der Waals surface area (Å²) in [6.07, 6.45) is 0. The summed E-state index contributed by atoms with van der Waals surface area (Å²) in [5.74, 6) is -0.390. The minimum absolute atomic E-state index is 0.235. The number of rotatable bonds is 6. The molecule has 0 atom stereocenters. The molecule has 0 saturated heterocycles. The Labute approximate surface area is 90.0 Å². The van der Waals surface area contributed by atoms with Crippen molar-refractivity contribution in [3.63, 3.8) is 0 Å². The van der Waals surface area contributed by atoms with Crippen molar-refractivity contribution >= 4 is 17.6 Å². The van der Waals surface area contributed by atoms with E-state index in [1.54, 1.807) is 6.92 Å². The molecular formula is C10H17ClO3. The molecule has 0 aromatic rings. The summed E-state index contributed by atoms with van der Waals surface area (Å²) in [4.78, 5) is 10.5. The topological polar surface area (TPSA) is 35.5 Å². The number of esters is 1. The Morgan fingerprint density at radius 1 is 1.43 bits per heavy atom. The molecule has 0 aromatic carbocycles. The maximum Gasteiger partial charge on any atom is 0.333 e. The molecule has 0 bridgehead atoms. The van der Waals surface area contributed by atoms with Gasteiger partial charge in [0.15, 0.2) is 0 Å². The lowest BCUT2D eigenvalue weighted by atomic mass is 10.2. The molecule has 14 heavy (non-hydrogen) atoms. The smallest absolute Gasteiger partial charge is 0.333 e. The van der Waals surface area contributed by atoms with Crippen LogP contribution in [0.4, 0.5) is 0 Å². The minimum Gasteiger partial charge on any atom is -0.460 e. The zero-order valence-electron chi connectivity index (χ0n) is 8.93. The fraction of sp³-hybridized carbons (Fsp3) is 0.700. The molecule has 0 heterocycles. The highest BCUT2D eigenvalue weighted by atomic mass is 35.5. The second kappa shape index (κ2) is 6.04. The maximum atomic E-state index is 10.9. The predicted octanol–water partition coefficient (Wildman–Crippen LogP) is 2.14. The number of alkyl halides is 1. The minimum atomic E-state index is -0.390. The Morgan fingerprint density at radius 2 is 2.00 bits per heavy atom. The molecule has 4 heteroatoms. The van der Waals surface area contributed by atoms with Gasteiger partial charge in [-0.05, 0) is 20.8 Å². The number of carbonyl (C=O) groups is 1. The van der Waals surface area contributed by atoms with Crippen molar-refractivity contribution in [2.24, 2.45) is 0 Å². The summed E-state index contributed by atoms with van der Waals surface area (Å²) < 4.78 is 10.0. The predicted molar refractivity (Wildman–Crippen MR) is 56.5 cm³/mol. The van der Waals surface area contributed by atoms with E-state index in [1.807, 2.05) is 13.8 Å². The fourth-order valence-electron chi connectivity index (χ4n) is 0.631. The van der Waals surface area contributed by atoms with Crippen molar-refractivity contribution in [2.75, 3.05) is 19.8 Å². The average molecular weight is 221 g/mol. The second-order valence-electron chi connectivity index (χ2n) is 3.69. The van der Waals surface area contributed by atoms with Crippen LogP contribution < -0.4 is 0 Å². The highest BCUT2D eigenvalue weighted by Crippen LogP contribution is 2.11. The Balaban J connectivity index is 3.39. The number of hydrogen-bond acceptors (Lipinski definition) is 3. The first kappa shape index (κ1) is 13.5. The molecular weight excluding hydrogens is 204 g/mol. The van der Waals surface area contributed by atoms with Crippen molar-refractivity contribution in [2.45, 2.75) is 25.6 Å². The molecule has 0 saturated carbocycles. The van der Waals surface area contributed by atoms with E-state index in [1.165, 1.54) is 0 Å². The van der Waals surface area contributed by atoms with E-state index in [-0.39, 0.29) is 11.5 Å². The van der Waals surface area contributed by atoms with Gasteiger partial charge in [0.05, 0.1) is 18.1 Å². The lowest BCUT2D eigenvalue weighted by molar-refractivity contribution is -0.140. The van der Waals surface area contributed by atoms with Crippen LogP contribution in [0.1, 0.15) is 20.8 Å². The third-order valence-electron chi connectivity index (χ3n) is 1.25. The first-order chi connectivity index (χ1) is 6.33. The third-order valence-corrected chi connectivity index (χ3v) is 1.36. The van der Waals surface area contributed by atoms with Crippen molar-refractivity contribution in [1.29, 1.82) is 0 Å². The summed E-state index contributed by atoms with van der Waals surface area (Å²) in [6.45, 7) is 9.79. The van der Waals surface area contributed by atoms with E-state index in [0.29, 0.717) is 18.8 Å². The van der Waals surface area contributed by atoms with Crippen molar-refractivity contribution < 1.29 is 14.3 Å². The normalized spacial score (nSPS) is 11.1.